The molecule has 4 heteroatoms. The SMILES string of the molecule is c1ccc(-c2noc(COc3ccccc3-c3ccccc3)n2)cc1. The van der Waals surface area contributed by atoms with Crippen LogP contribution in [0.4, 0.5) is 0 Å². The summed E-state index contributed by atoms with van der Waals surface area (Å²) in [6, 6.07) is 27.8. The Labute approximate surface area is 145 Å². The van der Waals surface area contributed by atoms with Gasteiger partial charge in [0.15, 0.2) is 6.61 Å². The van der Waals surface area contributed by atoms with Crippen molar-refractivity contribution < 1.29 is 9.26 Å². The summed E-state index contributed by atoms with van der Waals surface area (Å²) in [5, 5.41) is 4.01. The van der Waals surface area contributed by atoms with Crippen LogP contribution in [-0.4, -0.2) is 10.1 Å². The van der Waals surface area contributed by atoms with E-state index in [9.17, 15) is 0 Å². The summed E-state index contributed by atoms with van der Waals surface area (Å²) >= 11 is 0. The van der Waals surface area contributed by atoms with E-state index in [1.165, 1.54) is 0 Å². The van der Waals surface area contributed by atoms with Crippen molar-refractivity contribution >= 4 is 0 Å². The van der Waals surface area contributed by atoms with E-state index in [1.807, 2.05) is 72.8 Å². The van der Waals surface area contributed by atoms with Crippen LogP contribution in [0, 0.1) is 0 Å². The van der Waals surface area contributed by atoms with E-state index in [0.717, 1.165) is 22.4 Å². The van der Waals surface area contributed by atoms with Gasteiger partial charge in [0.05, 0.1) is 0 Å². The van der Waals surface area contributed by atoms with Crippen LogP contribution in [0.3, 0.4) is 0 Å². The minimum Gasteiger partial charge on any atom is -0.483 e. The van der Waals surface area contributed by atoms with Crippen LogP contribution in [-0.2, 0) is 6.61 Å². The summed E-state index contributed by atoms with van der Waals surface area (Å²) in [6.07, 6.45) is 0. The predicted octanol–water partition coefficient (Wildman–Crippen LogP) is 4.98. The molecule has 0 radical (unpaired) electrons. The fourth-order valence-corrected chi connectivity index (χ4v) is 2.61. The minimum absolute atomic E-state index is 0.226. The second-order valence-corrected chi connectivity index (χ2v) is 5.53. The third kappa shape index (κ3) is 3.43. The maximum atomic E-state index is 5.93. The summed E-state index contributed by atoms with van der Waals surface area (Å²) in [7, 11) is 0. The molecule has 1 heterocycles. The van der Waals surface area contributed by atoms with Gasteiger partial charge >= 0.3 is 0 Å². The molecular weight excluding hydrogens is 312 g/mol. The second kappa shape index (κ2) is 7.01. The minimum atomic E-state index is 0.226. The Kier molecular flexibility index (Phi) is 4.25. The Hall–Kier alpha value is -3.40. The van der Waals surface area contributed by atoms with Crippen LogP contribution >= 0.6 is 0 Å². The summed E-state index contributed by atoms with van der Waals surface area (Å²) in [4.78, 5) is 4.40. The molecule has 0 bridgehead atoms. The topological polar surface area (TPSA) is 48.2 Å². The van der Waals surface area contributed by atoms with Gasteiger partial charge < -0.3 is 9.26 Å². The first-order valence-electron chi connectivity index (χ1n) is 8.05. The molecule has 0 saturated carbocycles. The van der Waals surface area contributed by atoms with Crippen LogP contribution < -0.4 is 4.74 Å². The lowest BCUT2D eigenvalue weighted by molar-refractivity contribution is 0.244. The summed E-state index contributed by atoms with van der Waals surface area (Å²) in [5.74, 6) is 1.80. The predicted molar refractivity (Wildman–Crippen MR) is 95.9 cm³/mol. The van der Waals surface area contributed by atoms with Gasteiger partial charge in [0.1, 0.15) is 5.75 Å². The Balaban J connectivity index is 1.52. The Morgan fingerprint density at radius 3 is 2.12 bits per heavy atom. The molecule has 0 N–H and O–H groups in total. The van der Waals surface area contributed by atoms with Crippen molar-refractivity contribution in [2.45, 2.75) is 6.61 Å². The molecule has 0 atom stereocenters. The third-order valence-electron chi connectivity index (χ3n) is 3.82. The van der Waals surface area contributed by atoms with Crippen LogP contribution in [0.25, 0.3) is 22.5 Å². The van der Waals surface area contributed by atoms with Crippen molar-refractivity contribution in [3.05, 3.63) is 90.8 Å². The highest BCUT2D eigenvalue weighted by molar-refractivity contribution is 5.70. The van der Waals surface area contributed by atoms with E-state index in [-0.39, 0.29) is 6.61 Å². The lowest BCUT2D eigenvalue weighted by Gasteiger charge is -2.09. The molecule has 0 spiro atoms. The molecule has 4 aromatic rings. The fourth-order valence-electron chi connectivity index (χ4n) is 2.61. The van der Waals surface area contributed by atoms with E-state index in [0.29, 0.717) is 11.7 Å². The van der Waals surface area contributed by atoms with Crippen molar-refractivity contribution in [1.82, 2.24) is 10.1 Å². The summed E-state index contributed by atoms with van der Waals surface area (Å²) in [6.45, 7) is 0.226. The number of rotatable bonds is 5. The molecule has 0 amide bonds. The number of nitrogens with zero attached hydrogens (tertiary/aromatic N) is 2. The van der Waals surface area contributed by atoms with E-state index in [2.05, 4.69) is 22.3 Å². The van der Waals surface area contributed by atoms with Gasteiger partial charge in [0.2, 0.25) is 5.82 Å². The van der Waals surface area contributed by atoms with Gasteiger partial charge in [-0.15, -0.1) is 0 Å². The average molecular weight is 328 g/mol. The smallest absolute Gasteiger partial charge is 0.264 e. The molecule has 3 aromatic carbocycles. The zero-order valence-corrected chi connectivity index (χ0v) is 13.5. The van der Waals surface area contributed by atoms with Gasteiger partial charge in [-0.1, -0.05) is 84.0 Å². The van der Waals surface area contributed by atoms with Crippen LogP contribution in [0.2, 0.25) is 0 Å². The number of hydrogen-bond acceptors (Lipinski definition) is 4. The standard InChI is InChI=1S/C21H16N2O2/c1-3-9-16(10-4-1)18-13-7-8-14-19(18)24-15-20-22-21(23-25-20)17-11-5-2-6-12-17/h1-14H,15H2. The highest BCUT2D eigenvalue weighted by Gasteiger charge is 2.11. The van der Waals surface area contributed by atoms with Gasteiger partial charge in [-0.2, -0.15) is 4.98 Å². The van der Waals surface area contributed by atoms with Gasteiger partial charge in [0, 0.05) is 11.1 Å². The van der Waals surface area contributed by atoms with Crippen molar-refractivity contribution in [3.8, 4) is 28.3 Å². The van der Waals surface area contributed by atoms with E-state index >= 15 is 0 Å². The van der Waals surface area contributed by atoms with E-state index in [4.69, 9.17) is 9.26 Å². The molecule has 4 rings (SSSR count). The van der Waals surface area contributed by atoms with Crippen molar-refractivity contribution in [3.63, 3.8) is 0 Å². The Morgan fingerprint density at radius 2 is 1.36 bits per heavy atom. The molecule has 4 nitrogen and oxygen atoms in total. The van der Waals surface area contributed by atoms with Gasteiger partial charge in [-0.3, -0.25) is 0 Å². The monoisotopic (exact) mass is 328 g/mol. The zero-order valence-electron chi connectivity index (χ0n) is 13.5. The lowest BCUT2D eigenvalue weighted by Crippen LogP contribution is -1.97. The summed E-state index contributed by atoms with van der Waals surface area (Å²) < 4.78 is 11.2. The maximum absolute atomic E-state index is 5.93. The first kappa shape index (κ1) is 15.1. The van der Waals surface area contributed by atoms with Crippen LogP contribution in [0.5, 0.6) is 5.75 Å². The quantitative estimate of drug-likeness (QED) is 0.518. The van der Waals surface area contributed by atoms with Crippen LogP contribution in [0.15, 0.2) is 89.5 Å². The molecule has 122 valence electrons. The second-order valence-electron chi connectivity index (χ2n) is 5.53. The molecule has 0 aliphatic rings. The van der Waals surface area contributed by atoms with Gasteiger partial charge in [-0.05, 0) is 11.6 Å². The molecule has 0 fully saturated rings. The van der Waals surface area contributed by atoms with Crippen molar-refractivity contribution in [1.29, 1.82) is 0 Å². The maximum Gasteiger partial charge on any atom is 0.264 e. The van der Waals surface area contributed by atoms with Crippen molar-refractivity contribution in [2.75, 3.05) is 0 Å². The number of aromatic nitrogens is 2. The van der Waals surface area contributed by atoms with E-state index in [1.54, 1.807) is 0 Å². The normalized spacial score (nSPS) is 10.6. The lowest BCUT2D eigenvalue weighted by atomic mass is 10.1. The molecule has 0 aliphatic carbocycles. The number of para-hydroxylation sites is 1. The van der Waals surface area contributed by atoms with Crippen LogP contribution in [0.1, 0.15) is 5.89 Å². The molecule has 25 heavy (non-hydrogen) atoms. The first-order valence-corrected chi connectivity index (χ1v) is 8.05. The zero-order chi connectivity index (χ0) is 16.9. The largest absolute Gasteiger partial charge is 0.483 e. The van der Waals surface area contributed by atoms with Gasteiger partial charge in [-0.25, -0.2) is 0 Å². The first-order chi connectivity index (χ1) is 12.4. The highest BCUT2D eigenvalue weighted by Crippen LogP contribution is 2.30. The Morgan fingerprint density at radius 1 is 0.720 bits per heavy atom. The number of hydrogen-bond donors (Lipinski definition) is 0. The number of benzene rings is 3. The molecule has 1 aromatic heterocycles. The average Bonchev–Trinajstić information content (AvgIpc) is 3.17. The van der Waals surface area contributed by atoms with Gasteiger partial charge in [0.25, 0.3) is 5.89 Å². The molecule has 0 unspecified atom stereocenters. The Bertz CT molecular complexity index is 950. The highest BCUT2D eigenvalue weighted by atomic mass is 16.5. The van der Waals surface area contributed by atoms with E-state index < -0.39 is 0 Å². The molecule has 0 aliphatic heterocycles. The van der Waals surface area contributed by atoms with Crippen molar-refractivity contribution in [2.24, 2.45) is 0 Å². The summed E-state index contributed by atoms with van der Waals surface area (Å²) in [5.41, 5.74) is 3.06. The molecular formula is C21H16N2O2. The number of ether oxygens (including phenoxy) is 1. The third-order valence-corrected chi connectivity index (χ3v) is 3.82. The fraction of sp³-hybridized carbons (Fsp3) is 0.0476. The molecule has 0 saturated heterocycles.